The highest BCUT2D eigenvalue weighted by Gasteiger charge is 2.32. The topological polar surface area (TPSA) is 209 Å². The second-order valence-electron chi connectivity index (χ2n) is 12.7. The molecule has 270 valence electrons. The van der Waals surface area contributed by atoms with E-state index in [1.54, 1.807) is 34.6 Å². The van der Waals surface area contributed by atoms with Gasteiger partial charge in [-0.25, -0.2) is 9.59 Å². The van der Waals surface area contributed by atoms with Gasteiger partial charge in [0.15, 0.2) is 6.79 Å². The van der Waals surface area contributed by atoms with Crippen LogP contribution in [0.3, 0.4) is 0 Å². The van der Waals surface area contributed by atoms with E-state index in [9.17, 15) is 28.8 Å². The van der Waals surface area contributed by atoms with Crippen molar-refractivity contribution in [2.75, 3.05) is 59.3 Å². The summed E-state index contributed by atoms with van der Waals surface area (Å²) in [5.74, 6) is -1.91. The number of amides is 5. The molecule has 1 saturated heterocycles. The van der Waals surface area contributed by atoms with Gasteiger partial charge in [0.1, 0.15) is 11.2 Å². The molecule has 0 spiro atoms. The zero-order chi connectivity index (χ0) is 35.1. The number of carbonyl (C=O) groups is 6. The molecule has 1 unspecified atom stereocenters. The fraction of sp³-hybridized carbons (Fsp3) is 0.806. The van der Waals surface area contributed by atoms with Gasteiger partial charge in [0.2, 0.25) is 17.7 Å². The Balaban J connectivity index is 2.51. The second-order valence-corrected chi connectivity index (χ2v) is 12.7. The summed E-state index contributed by atoms with van der Waals surface area (Å²) in [4.78, 5) is 73.2. The first-order valence-electron chi connectivity index (χ1n) is 16.2. The molecule has 1 heterocycles. The summed E-state index contributed by atoms with van der Waals surface area (Å²) in [5, 5.41) is 13.5. The van der Waals surface area contributed by atoms with E-state index in [1.165, 1.54) is 0 Å². The van der Waals surface area contributed by atoms with Gasteiger partial charge in [0.05, 0.1) is 32.2 Å². The lowest BCUT2D eigenvalue weighted by molar-refractivity contribution is -0.164. The summed E-state index contributed by atoms with van der Waals surface area (Å²) in [6.45, 7) is 10.4. The molecule has 16 nitrogen and oxygen atoms in total. The van der Waals surface area contributed by atoms with Gasteiger partial charge in [-0.05, 0) is 66.7 Å². The van der Waals surface area contributed by atoms with Crippen LogP contribution in [0.4, 0.5) is 9.59 Å². The molecule has 0 bridgehead atoms. The SMILES string of the molecule is CC(C)(C)OC(=O)NCCCNC(=O)CCOCOC(=O)C1CCCC(=O)NCCOCCC(=O)NCCCNC(=O)OC(C)(C)C1. The molecule has 1 aliphatic heterocycles. The van der Waals surface area contributed by atoms with Crippen LogP contribution in [0.25, 0.3) is 0 Å². The summed E-state index contributed by atoms with van der Waals surface area (Å²) >= 11 is 0. The van der Waals surface area contributed by atoms with Crippen LogP contribution in [0, 0.1) is 5.92 Å². The first-order chi connectivity index (χ1) is 22.2. The van der Waals surface area contributed by atoms with Crippen molar-refractivity contribution in [2.45, 2.75) is 97.2 Å². The van der Waals surface area contributed by atoms with Gasteiger partial charge in [-0.1, -0.05) is 0 Å². The van der Waals surface area contributed by atoms with Crippen LogP contribution in [-0.2, 0) is 42.9 Å². The van der Waals surface area contributed by atoms with E-state index in [0.717, 1.165) is 0 Å². The number of ether oxygens (including phenoxy) is 5. The minimum atomic E-state index is -1.04. The number of nitrogens with one attached hydrogen (secondary N) is 5. The Bertz CT molecular complexity index is 1000. The van der Waals surface area contributed by atoms with E-state index >= 15 is 0 Å². The fourth-order valence-electron chi connectivity index (χ4n) is 4.30. The van der Waals surface area contributed by atoms with Crippen LogP contribution >= 0.6 is 0 Å². The maximum atomic E-state index is 13.0. The Morgan fingerprint density at radius 2 is 1.60 bits per heavy atom. The number of alkyl carbamates (subject to hydrolysis) is 2. The molecule has 0 aliphatic carbocycles. The van der Waals surface area contributed by atoms with Crippen LogP contribution in [0.1, 0.15) is 86.0 Å². The molecule has 0 radical (unpaired) electrons. The minimum Gasteiger partial charge on any atom is -0.444 e. The van der Waals surface area contributed by atoms with Gasteiger partial charge in [-0.15, -0.1) is 0 Å². The lowest BCUT2D eigenvalue weighted by Gasteiger charge is -2.29. The number of esters is 1. The first kappa shape index (κ1) is 41.4. The predicted octanol–water partition coefficient (Wildman–Crippen LogP) is 1.65. The molecule has 1 rings (SSSR count). The van der Waals surface area contributed by atoms with Gasteiger partial charge in [0, 0.05) is 45.6 Å². The molecular weight excluding hydrogens is 618 g/mol. The molecule has 0 aromatic heterocycles. The average Bonchev–Trinajstić information content (AvgIpc) is 2.96. The zero-order valence-electron chi connectivity index (χ0n) is 28.6. The maximum Gasteiger partial charge on any atom is 0.407 e. The van der Waals surface area contributed by atoms with Crippen molar-refractivity contribution in [3.8, 4) is 0 Å². The third-order valence-electron chi connectivity index (χ3n) is 6.49. The van der Waals surface area contributed by atoms with E-state index < -0.39 is 35.3 Å². The van der Waals surface area contributed by atoms with Crippen LogP contribution in [0.5, 0.6) is 0 Å². The molecule has 1 aliphatic rings. The van der Waals surface area contributed by atoms with E-state index in [1.807, 2.05) is 0 Å². The van der Waals surface area contributed by atoms with Crippen LogP contribution in [0.2, 0.25) is 0 Å². The third-order valence-corrected chi connectivity index (χ3v) is 6.49. The number of cyclic esters (lactones) is 1. The highest BCUT2D eigenvalue weighted by Crippen LogP contribution is 2.26. The molecule has 1 fully saturated rings. The molecule has 0 aromatic rings. The van der Waals surface area contributed by atoms with Gasteiger partial charge in [-0.2, -0.15) is 0 Å². The average molecular weight is 674 g/mol. The van der Waals surface area contributed by atoms with E-state index in [-0.39, 0.29) is 76.6 Å². The Hall–Kier alpha value is -3.66. The molecule has 47 heavy (non-hydrogen) atoms. The van der Waals surface area contributed by atoms with E-state index in [2.05, 4.69) is 26.6 Å². The van der Waals surface area contributed by atoms with Gasteiger partial charge >= 0.3 is 18.2 Å². The molecule has 0 aromatic carbocycles. The van der Waals surface area contributed by atoms with Crippen molar-refractivity contribution in [3.05, 3.63) is 0 Å². The lowest BCUT2D eigenvalue weighted by Crippen LogP contribution is -2.38. The largest absolute Gasteiger partial charge is 0.444 e. The van der Waals surface area contributed by atoms with E-state index in [4.69, 9.17) is 23.7 Å². The van der Waals surface area contributed by atoms with Gasteiger partial charge in [-0.3, -0.25) is 19.2 Å². The van der Waals surface area contributed by atoms with Crippen LogP contribution in [0.15, 0.2) is 0 Å². The molecular formula is C31H55N5O11. The first-order valence-corrected chi connectivity index (χ1v) is 16.2. The number of carbonyl (C=O) groups excluding carboxylic acids is 6. The van der Waals surface area contributed by atoms with Crippen LogP contribution in [-0.4, -0.2) is 106 Å². The second kappa shape index (κ2) is 22.8. The zero-order valence-corrected chi connectivity index (χ0v) is 28.6. The quantitative estimate of drug-likeness (QED) is 0.0975. The van der Waals surface area contributed by atoms with Gasteiger partial charge < -0.3 is 50.3 Å². The van der Waals surface area contributed by atoms with Crippen molar-refractivity contribution in [3.63, 3.8) is 0 Å². The molecule has 0 saturated carbocycles. The highest BCUT2D eigenvalue weighted by atomic mass is 16.7. The summed E-state index contributed by atoms with van der Waals surface area (Å²) in [6, 6.07) is 0. The van der Waals surface area contributed by atoms with Crippen molar-refractivity contribution in [1.29, 1.82) is 0 Å². The summed E-state index contributed by atoms with van der Waals surface area (Å²) in [5.41, 5.74) is -1.63. The predicted molar refractivity (Wildman–Crippen MR) is 170 cm³/mol. The van der Waals surface area contributed by atoms with Crippen LogP contribution < -0.4 is 26.6 Å². The van der Waals surface area contributed by atoms with Crippen molar-refractivity contribution < 1.29 is 52.5 Å². The molecule has 16 heteroatoms. The summed E-state index contributed by atoms with van der Waals surface area (Å²) in [6.07, 6.45) is 1.04. The fourth-order valence-corrected chi connectivity index (χ4v) is 4.30. The Labute approximate surface area is 277 Å². The van der Waals surface area contributed by atoms with Crippen molar-refractivity contribution in [1.82, 2.24) is 26.6 Å². The normalized spacial score (nSPS) is 19.3. The summed E-state index contributed by atoms with van der Waals surface area (Å²) in [7, 11) is 0. The maximum absolute atomic E-state index is 13.0. The summed E-state index contributed by atoms with van der Waals surface area (Å²) < 4.78 is 26.7. The standard InChI is InChI=1S/C31H55N5O11/c1-30(2,3)46-28(41)35-15-7-13-33-26(39)12-19-44-22-45-27(40)23-9-6-10-24(37)34-17-20-43-18-11-25(38)32-14-8-16-36-29(42)47-31(4,5)21-23/h23H,6-22H2,1-5H3,(H,32,38)(H,33,39)(H,34,37)(H,35,41)(H,36,42). The smallest absolute Gasteiger partial charge is 0.407 e. The molecule has 5 N–H and O–H groups in total. The van der Waals surface area contributed by atoms with E-state index in [0.29, 0.717) is 51.9 Å². The number of hydrogen-bond donors (Lipinski definition) is 5. The number of hydrogen-bond acceptors (Lipinski definition) is 11. The molecule has 1 atom stereocenters. The van der Waals surface area contributed by atoms with Gasteiger partial charge in [0.25, 0.3) is 0 Å². The minimum absolute atomic E-state index is 0.0162. The Morgan fingerprint density at radius 1 is 0.915 bits per heavy atom. The monoisotopic (exact) mass is 673 g/mol. The van der Waals surface area contributed by atoms with Crippen molar-refractivity contribution >= 4 is 35.9 Å². The molecule has 5 amide bonds. The Morgan fingerprint density at radius 3 is 2.34 bits per heavy atom. The number of rotatable bonds is 10. The van der Waals surface area contributed by atoms with Crippen molar-refractivity contribution in [2.24, 2.45) is 5.92 Å². The lowest BCUT2D eigenvalue weighted by atomic mass is 9.89. The third kappa shape index (κ3) is 23.3. The highest BCUT2D eigenvalue weighted by molar-refractivity contribution is 5.77. The Kier molecular flexibility index (Phi) is 20.1.